The third-order valence-corrected chi connectivity index (χ3v) is 19.0. The van der Waals surface area contributed by atoms with Gasteiger partial charge in [-0.2, -0.15) is 20.0 Å². The molecule has 4 heterocycles. The third-order valence-electron chi connectivity index (χ3n) is 19.0. The summed E-state index contributed by atoms with van der Waals surface area (Å²) in [6.07, 6.45) is -1.60. The number of esters is 1. The van der Waals surface area contributed by atoms with Crippen LogP contribution in [0.5, 0.6) is 0 Å². The fourth-order valence-electron chi connectivity index (χ4n) is 13.1. The van der Waals surface area contributed by atoms with Crippen molar-refractivity contribution in [2.24, 2.45) is 17.8 Å². The van der Waals surface area contributed by atoms with Crippen molar-refractivity contribution in [2.75, 3.05) is 0 Å². The van der Waals surface area contributed by atoms with E-state index in [1.54, 1.807) is 81.4 Å². The first-order valence-corrected chi connectivity index (χ1v) is 35.9. The number of benzene rings is 6. The second kappa shape index (κ2) is 32.8. The Balaban J connectivity index is 1.00. The molecule has 0 fully saturated rings. The molecule has 0 unspecified atom stereocenters. The SMILES string of the molecule is CC(C)[C@H](NC(=O)OC(C)(C)C)C(=O)N([C@H](C)C(=O)N[C@@H](Cc1ccccc1)C(=O)N([C@H](C)C(=O)N[C@H](C(=O)N([C@H](C)C(=O)N[C@H](C(=O)N([C@H](C)C(=O)OCc1ccccc1)N1C(=O)c2ccccc2C1=O)C(C)C)N1C(=O)c2ccccc2C1=O)C(C)C)N1C(=O)c2ccccc2C1=O)N1C(=O)c2ccccc2C1=O. The van der Waals surface area contributed by atoms with Crippen molar-refractivity contribution in [3.8, 4) is 0 Å². The average Bonchev–Trinajstić information content (AvgIpc) is 1.64. The quantitative estimate of drug-likeness (QED) is 0.0339. The second-order valence-corrected chi connectivity index (χ2v) is 29.0. The zero-order chi connectivity index (χ0) is 81.1. The molecule has 0 aliphatic carbocycles. The fraction of sp³-hybridized carbons (Fsp3) is 0.338. The van der Waals surface area contributed by atoms with Crippen molar-refractivity contribution in [3.63, 3.8) is 0 Å². The molecule has 10 rings (SSSR count). The normalized spacial score (nSPS) is 15.9. The first kappa shape index (κ1) is 80.5. The largest absolute Gasteiger partial charge is 0.459 e. The number of hydrazine groups is 4. The summed E-state index contributed by atoms with van der Waals surface area (Å²) in [5.74, 6) is -21.7. The predicted molar refractivity (Wildman–Crippen MR) is 393 cm³/mol. The fourth-order valence-corrected chi connectivity index (χ4v) is 13.1. The Bertz CT molecular complexity index is 4670. The van der Waals surface area contributed by atoms with Crippen molar-refractivity contribution < 1.29 is 91.0 Å². The molecule has 6 aromatic rings. The number of carbonyl (C=O) groups excluding carboxylic acids is 17. The van der Waals surface area contributed by atoms with Crippen LogP contribution in [0.3, 0.4) is 0 Å². The van der Waals surface area contributed by atoms with Gasteiger partial charge in [0.05, 0.1) is 44.5 Å². The third kappa shape index (κ3) is 16.1. The minimum Gasteiger partial charge on any atom is -0.459 e. The van der Waals surface area contributed by atoms with Crippen molar-refractivity contribution >= 4 is 101 Å². The average molecular weight is 1520 g/mol. The lowest BCUT2D eigenvalue weighted by Gasteiger charge is -2.40. The summed E-state index contributed by atoms with van der Waals surface area (Å²) in [7, 11) is 0. The van der Waals surface area contributed by atoms with Crippen LogP contribution in [0, 0.1) is 17.8 Å². The van der Waals surface area contributed by atoms with Gasteiger partial charge in [-0.15, -0.1) is 0 Å². The van der Waals surface area contributed by atoms with Gasteiger partial charge < -0.3 is 30.7 Å². The molecule has 6 aromatic carbocycles. The van der Waals surface area contributed by atoms with Gasteiger partial charge in [0.2, 0.25) is 17.7 Å². The minimum absolute atomic E-state index is 0.123. The second-order valence-electron chi connectivity index (χ2n) is 29.0. The highest BCUT2D eigenvalue weighted by molar-refractivity contribution is 6.25. The summed E-state index contributed by atoms with van der Waals surface area (Å²) in [4.78, 5) is 253. The van der Waals surface area contributed by atoms with Crippen molar-refractivity contribution in [3.05, 3.63) is 213 Å². The molecule has 4 aliphatic rings. The van der Waals surface area contributed by atoms with Crippen LogP contribution in [0.2, 0.25) is 0 Å². The smallest absolute Gasteiger partial charge is 0.408 e. The van der Waals surface area contributed by atoms with E-state index in [4.69, 9.17) is 9.47 Å². The van der Waals surface area contributed by atoms with Gasteiger partial charge in [0.1, 0.15) is 60.5 Å². The summed E-state index contributed by atoms with van der Waals surface area (Å²) < 4.78 is 11.1. The molecule has 4 N–H and O–H groups in total. The predicted octanol–water partition coefficient (Wildman–Crippen LogP) is 6.00. The lowest BCUT2D eigenvalue weighted by Crippen LogP contribution is -2.67. The number of nitrogens with one attached hydrogen (secondary N) is 4. The number of hydrogen-bond donors (Lipinski definition) is 4. The summed E-state index contributed by atoms with van der Waals surface area (Å²) in [6.45, 7) is 17.7. The number of fused-ring (bicyclic) bond motifs is 4. The van der Waals surface area contributed by atoms with Gasteiger partial charge in [-0.3, -0.25) is 71.9 Å². The summed E-state index contributed by atoms with van der Waals surface area (Å²) >= 11 is 0. The lowest BCUT2D eigenvalue weighted by atomic mass is 10.0. The Kier molecular flexibility index (Phi) is 23.8. The maximum atomic E-state index is 16.2. The maximum absolute atomic E-state index is 16.2. The van der Waals surface area contributed by atoms with Gasteiger partial charge in [0, 0.05) is 6.42 Å². The van der Waals surface area contributed by atoms with Gasteiger partial charge in [0.25, 0.3) is 70.9 Å². The van der Waals surface area contributed by atoms with Crippen LogP contribution >= 0.6 is 0 Å². The van der Waals surface area contributed by atoms with Crippen molar-refractivity contribution in [1.29, 1.82) is 0 Å². The van der Waals surface area contributed by atoms with E-state index in [9.17, 15) is 47.9 Å². The Morgan fingerprint density at radius 3 is 0.874 bits per heavy atom. The highest BCUT2D eigenvalue weighted by Gasteiger charge is 2.54. The van der Waals surface area contributed by atoms with Gasteiger partial charge in [-0.05, 0) is 126 Å². The van der Waals surface area contributed by atoms with Crippen LogP contribution in [0.15, 0.2) is 158 Å². The van der Waals surface area contributed by atoms with E-state index in [0.29, 0.717) is 51.2 Å². The maximum Gasteiger partial charge on any atom is 0.408 e. The Hall–Kier alpha value is -13.1. The molecule has 0 spiro atoms. The molecule has 16 amide bonds. The van der Waals surface area contributed by atoms with Crippen LogP contribution in [0.1, 0.15) is 184 Å². The van der Waals surface area contributed by atoms with Crippen molar-refractivity contribution in [1.82, 2.24) is 61.3 Å². The number of nitrogens with zero attached hydrogens (tertiary/aromatic N) is 8. The van der Waals surface area contributed by atoms with E-state index in [1.807, 2.05) is 0 Å². The van der Waals surface area contributed by atoms with Crippen LogP contribution in [0.4, 0.5) is 4.79 Å². The molecule has 31 heteroatoms. The standard InChI is InChI=1S/C80H84N12O19/c1-42(2)60(75(105)87(91-70(100)55-36-24-25-37-56(55)71(91)101)47(9)65(95)83-61(43(3)4)76(106)88(48(10)78(108)110-41-50-30-18-15-19-31-50)92-72(102)57-38-26-27-39-58(57)73(92)103)82-64(94)46(8)85(89-66(96)51-32-20-21-33-52(51)67(89)97)74(104)59(40-49-28-16-14-17-29-49)81-63(93)45(7)86(90-68(98)53-34-22-23-35-54(53)69(90)99)77(107)62(44(5)6)84-79(109)111-80(11,12)13/h14-39,42-48,59-62H,40-41H2,1-13H3,(H,81,93)(H,82,94)(H,83,95)(H,84,109)/t45-,46-,47-,48-,59+,60+,61+,62+/m1/s1. The molecule has 0 aromatic heterocycles. The summed E-state index contributed by atoms with van der Waals surface area (Å²) in [6, 6.07) is 23.0. The van der Waals surface area contributed by atoms with Gasteiger partial charge in [-0.1, -0.05) is 151 Å². The molecule has 0 saturated heterocycles. The number of ether oxygens (including phenoxy) is 2. The van der Waals surface area contributed by atoms with Crippen molar-refractivity contribution in [2.45, 2.75) is 157 Å². The number of amides is 16. The van der Waals surface area contributed by atoms with Crippen LogP contribution in [-0.4, -0.2) is 195 Å². The number of hydrogen-bond acceptors (Lipinski definition) is 19. The number of imide groups is 4. The van der Waals surface area contributed by atoms with E-state index in [1.165, 1.54) is 146 Å². The van der Waals surface area contributed by atoms with E-state index in [2.05, 4.69) is 21.3 Å². The molecule has 0 radical (unpaired) electrons. The highest BCUT2D eigenvalue weighted by atomic mass is 16.6. The first-order chi connectivity index (χ1) is 52.5. The molecule has 578 valence electrons. The van der Waals surface area contributed by atoms with E-state index in [0.717, 1.165) is 20.8 Å². The zero-order valence-corrected chi connectivity index (χ0v) is 63.1. The number of rotatable bonds is 27. The van der Waals surface area contributed by atoms with Gasteiger partial charge in [0.15, 0.2) is 0 Å². The highest BCUT2D eigenvalue weighted by Crippen LogP contribution is 2.33. The van der Waals surface area contributed by atoms with E-state index in [-0.39, 0.29) is 51.1 Å². The Morgan fingerprint density at radius 1 is 0.333 bits per heavy atom. The van der Waals surface area contributed by atoms with Crippen LogP contribution in [-0.2, 0) is 60.9 Å². The molecule has 111 heavy (non-hydrogen) atoms. The van der Waals surface area contributed by atoms with Crippen LogP contribution in [0.25, 0.3) is 0 Å². The Morgan fingerprint density at radius 2 is 0.586 bits per heavy atom. The molecular weight excluding hydrogens is 1430 g/mol. The Labute approximate surface area is 638 Å². The number of carbonyl (C=O) groups is 17. The monoisotopic (exact) mass is 1520 g/mol. The lowest BCUT2D eigenvalue weighted by molar-refractivity contribution is -0.166. The first-order valence-electron chi connectivity index (χ1n) is 35.9. The zero-order valence-electron chi connectivity index (χ0n) is 63.1. The molecule has 0 bridgehead atoms. The topological polar surface area (TPSA) is 383 Å². The van der Waals surface area contributed by atoms with E-state index >= 15 is 33.6 Å². The molecule has 8 atom stereocenters. The molecule has 31 nitrogen and oxygen atoms in total. The summed E-state index contributed by atoms with van der Waals surface area (Å²) in [5, 5.41) is 13.8. The van der Waals surface area contributed by atoms with Crippen LogP contribution < -0.4 is 21.3 Å². The number of alkyl carbamates (subject to hydrolysis) is 1. The van der Waals surface area contributed by atoms with Gasteiger partial charge in [-0.25, -0.2) is 29.6 Å². The summed E-state index contributed by atoms with van der Waals surface area (Å²) in [5.41, 5.74) is -1.73. The minimum atomic E-state index is -2.13. The molecule has 4 aliphatic heterocycles. The molecule has 0 saturated carbocycles. The van der Waals surface area contributed by atoms with Gasteiger partial charge >= 0.3 is 12.1 Å². The molecular formula is C80H84N12O19. The van der Waals surface area contributed by atoms with E-state index < -0.39 is 179 Å².